The molecule has 0 bridgehead atoms. The summed E-state index contributed by atoms with van der Waals surface area (Å²) in [6, 6.07) is 10.6. The predicted octanol–water partition coefficient (Wildman–Crippen LogP) is 6.27. The van der Waals surface area contributed by atoms with Crippen molar-refractivity contribution in [3.8, 4) is 5.75 Å². The predicted molar refractivity (Wildman–Crippen MR) is 140 cm³/mol. The van der Waals surface area contributed by atoms with Gasteiger partial charge in [-0.05, 0) is 57.4 Å². The largest absolute Gasteiger partial charge is 0.486 e. The average Bonchev–Trinajstić information content (AvgIpc) is 2.80. The number of piperidine rings is 1. The number of Topliss-reactive ketones (excluding diaryl/α,β-unsaturated/α-hetero) is 1. The highest BCUT2D eigenvalue weighted by Gasteiger charge is 2.44. The van der Waals surface area contributed by atoms with Crippen molar-refractivity contribution >= 4 is 23.2 Å². The molecule has 0 N–H and O–H groups in total. The van der Waals surface area contributed by atoms with Gasteiger partial charge in [0.2, 0.25) is 0 Å². The minimum Gasteiger partial charge on any atom is -0.486 e. The summed E-state index contributed by atoms with van der Waals surface area (Å²) >= 11 is 6.42. The van der Waals surface area contributed by atoms with E-state index in [1.54, 1.807) is 0 Å². The number of anilines is 1. The van der Waals surface area contributed by atoms with Crippen LogP contribution in [0.15, 0.2) is 30.3 Å². The van der Waals surface area contributed by atoms with Crippen molar-refractivity contribution < 1.29 is 9.53 Å². The molecule has 5 nitrogen and oxygen atoms in total. The molecule has 0 radical (unpaired) electrons. The molecule has 2 aliphatic rings. The smallest absolute Gasteiger partial charge is 0.170 e. The molecule has 0 amide bonds. The summed E-state index contributed by atoms with van der Waals surface area (Å²) in [6.07, 6.45) is 2.73. The van der Waals surface area contributed by atoms with Gasteiger partial charge in [0.25, 0.3) is 0 Å². The van der Waals surface area contributed by atoms with Gasteiger partial charge in [-0.25, -0.2) is 9.97 Å². The summed E-state index contributed by atoms with van der Waals surface area (Å²) in [6.45, 7) is 11.6. The maximum Gasteiger partial charge on any atom is 0.170 e. The van der Waals surface area contributed by atoms with Crippen LogP contribution in [0.4, 0.5) is 5.82 Å². The van der Waals surface area contributed by atoms with Crippen molar-refractivity contribution in [3.63, 3.8) is 0 Å². The molecule has 0 atom stereocenters. The third kappa shape index (κ3) is 4.42. The molecule has 182 valence electrons. The number of hydrogen-bond acceptors (Lipinski definition) is 5. The number of nitrogens with zero attached hydrogens (tertiary/aromatic N) is 3. The topological polar surface area (TPSA) is 55.3 Å². The second kappa shape index (κ2) is 8.94. The second-order valence-corrected chi connectivity index (χ2v) is 10.6. The lowest BCUT2D eigenvalue weighted by Crippen LogP contribution is -2.51. The Labute approximate surface area is 212 Å². The molecule has 2 aliphatic heterocycles. The molecular weight excluding hydrogens is 458 g/mol. The van der Waals surface area contributed by atoms with Crippen LogP contribution in [0.5, 0.6) is 5.75 Å². The fourth-order valence-corrected chi connectivity index (χ4v) is 5.65. The first-order valence-electron chi connectivity index (χ1n) is 12.3. The van der Waals surface area contributed by atoms with Crippen molar-refractivity contribution in [2.45, 2.75) is 65.9 Å². The van der Waals surface area contributed by atoms with E-state index in [1.165, 1.54) is 16.7 Å². The van der Waals surface area contributed by atoms with E-state index in [1.807, 2.05) is 26.8 Å². The summed E-state index contributed by atoms with van der Waals surface area (Å²) in [5, 5.41) is 0.655. The number of aromatic nitrogens is 2. The SMILES string of the molecule is Cc1ccc(Cc2c(C)nc(C)nc2N2CCC3(CC2)CC(=O)c2c(cc(C)c(Cl)c2C)O3)cc1. The molecule has 0 saturated carbocycles. The van der Waals surface area contributed by atoms with E-state index in [0.717, 1.165) is 60.8 Å². The fourth-order valence-electron chi connectivity index (χ4n) is 5.50. The Balaban J connectivity index is 1.40. The quantitative estimate of drug-likeness (QED) is 0.434. The van der Waals surface area contributed by atoms with Crippen molar-refractivity contribution in [3.05, 3.63) is 80.3 Å². The van der Waals surface area contributed by atoms with E-state index in [4.69, 9.17) is 21.3 Å². The van der Waals surface area contributed by atoms with Gasteiger partial charge < -0.3 is 9.64 Å². The van der Waals surface area contributed by atoms with Crippen LogP contribution in [0.3, 0.4) is 0 Å². The van der Waals surface area contributed by atoms with Crippen LogP contribution < -0.4 is 9.64 Å². The lowest BCUT2D eigenvalue weighted by Gasteiger charge is -2.45. The van der Waals surface area contributed by atoms with Crippen molar-refractivity contribution in [2.75, 3.05) is 18.0 Å². The van der Waals surface area contributed by atoms with Gasteiger partial charge in [0.15, 0.2) is 5.78 Å². The number of ether oxygens (including phenoxy) is 1. The van der Waals surface area contributed by atoms with Gasteiger partial charge in [0.05, 0.1) is 12.0 Å². The zero-order valence-electron chi connectivity index (χ0n) is 21.2. The van der Waals surface area contributed by atoms with Gasteiger partial charge in [-0.1, -0.05) is 41.4 Å². The number of hydrogen-bond donors (Lipinski definition) is 0. The van der Waals surface area contributed by atoms with Gasteiger partial charge >= 0.3 is 0 Å². The Morgan fingerprint density at radius 2 is 1.71 bits per heavy atom. The Bertz CT molecular complexity index is 1310. The van der Waals surface area contributed by atoms with Crippen LogP contribution in [-0.2, 0) is 6.42 Å². The average molecular weight is 490 g/mol. The molecule has 3 aromatic rings. The van der Waals surface area contributed by atoms with E-state index in [0.29, 0.717) is 22.8 Å². The zero-order valence-corrected chi connectivity index (χ0v) is 21.9. The Kier molecular flexibility index (Phi) is 6.08. The van der Waals surface area contributed by atoms with E-state index < -0.39 is 5.60 Å². The van der Waals surface area contributed by atoms with E-state index in [2.05, 4.69) is 48.0 Å². The van der Waals surface area contributed by atoms with E-state index in [-0.39, 0.29) is 5.78 Å². The lowest BCUT2D eigenvalue weighted by molar-refractivity contribution is 0.0229. The molecule has 2 aromatic carbocycles. The number of carbonyl (C=O) groups is 1. The molecule has 0 unspecified atom stereocenters. The van der Waals surface area contributed by atoms with Crippen LogP contribution in [-0.4, -0.2) is 34.4 Å². The van der Waals surface area contributed by atoms with Crippen molar-refractivity contribution in [2.24, 2.45) is 0 Å². The number of rotatable bonds is 3. The molecule has 35 heavy (non-hydrogen) atoms. The van der Waals surface area contributed by atoms with Crippen LogP contribution >= 0.6 is 11.6 Å². The number of halogens is 1. The Hall–Kier alpha value is -2.92. The monoisotopic (exact) mass is 489 g/mol. The normalized spacial score (nSPS) is 16.9. The van der Waals surface area contributed by atoms with Crippen LogP contribution in [0.25, 0.3) is 0 Å². The molecule has 5 rings (SSSR count). The highest BCUT2D eigenvalue weighted by Crippen LogP contribution is 2.43. The first-order chi connectivity index (χ1) is 16.7. The van der Waals surface area contributed by atoms with E-state index in [9.17, 15) is 4.79 Å². The van der Waals surface area contributed by atoms with Crippen LogP contribution in [0, 0.1) is 34.6 Å². The summed E-state index contributed by atoms with van der Waals surface area (Å²) in [4.78, 5) is 25.1. The summed E-state index contributed by atoms with van der Waals surface area (Å²) in [5.41, 5.74) is 6.64. The zero-order chi connectivity index (χ0) is 24.9. The van der Waals surface area contributed by atoms with Gasteiger partial charge in [-0.2, -0.15) is 0 Å². The van der Waals surface area contributed by atoms with Gasteiger partial charge in [0.1, 0.15) is 23.0 Å². The number of fused-ring (bicyclic) bond motifs is 1. The number of carbonyl (C=O) groups excluding carboxylic acids is 1. The highest BCUT2D eigenvalue weighted by molar-refractivity contribution is 6.32. The Morgan fingerprint density at radius 1 is 1.03 bits per heavy atom. The van der Waals surface area contributed by atoms with Crippen LogP contribution in [0.2, 0.25) is 5.02 Å². The molecule has 1 saturated heterocycles. The molecule has 3 heterocycles. The van der Waals surface area contributed by atoms with Crippen LogP contribution in [0.1, 0.15) is 69.0 Å². The van der Waals surface area contributed by atoms with Gasteiger partial charge in [-0.3, -0.25) is 4.79 Å². The third-order valence-electron chi connectivity index (χ3n) is 7.51. The summed E-state index contributed by atoms with van der Waals surface area (Å²) in [7, 11) is 0. The molecule has 1 aromatic heterocycles. The molecule has 0 aliphatic carbocycles. The molecule has 6 heteroatoms. The fraction of sp³-hybridized carbons (Fsp3) is 0.414. The number of ketones is 1. The molecule has 1 spiro atoms. The lowest BCUT2D eigenvalue weighted by atomic mass is 9.81. The van der Waals surface area contributed by atoms with Crippen molar-refractivity contribution in [1.29, 1.82) is 0 Å². The molecule has 1 fully saturated rings. The minimum atomic E-state index is -0.471. The molecular formula is C29H32ClN3O2. The van der Waals surface area contributed by atoms with Crippen molar-refractivity contribution in [1.82, 2.24) is 9.97 Å². The first-order valence-corrected chi connectivity index (χ1v) is 12.7. The maximum absolute atomic E-state index is 13.2. The standard InChI is InChI=1S/C29H32ClN3O2/c1-17-6-8-22(9-7-17)15-23-20(4)31-21(5)32-28(23)33-12-10-29(11-13-33)16-24(34)26-19(3)27(30)18(2)14-25(26)35-29/h6-9,14H,10-13,15-16H2,1-5H3. The maximum atomic E-state index is 13.2. The summed E-state index contributed by atoms with van der Waals surface area (Å²) < 4.78 is 6.58. The highest BCUT2D eigenvalue weighted by atomic mass is 35.5. The first kappa shape index (κ1) is 23.8. The number of aryl methyl sites for hydroxylation is 4. The third-order valence-corrected chi connectivity index (χ3v) is 8.09. The second-order valence-electron chi connectivity index (χ2n) is 10.2. The minimum absolute atomic E-state index is 0.132. The van der Waals surface area contributed by atoms with Gasteiger partial charge in [-0.15, -0.1) is 0 Å². The van der Waals surface area contributed by atoms with Gasteiger partial charge in [0, 0.05) is 48.6 Å². The Morgan fingerprint density at radius 3 is 2.40 bits per heavy atom. The summed E-state index contributed by atoms with van der Waals surface area (Å²) in [5.74, 6) is 2.61. The number of benzene rings is 2. The van der Waals surface area contributed by atoms with E-state index >= 15 is 0 Å².